The van der Waals surface area contributed by atoms with Crippen molar-refractivity contribution in [2.45, 2.75) is 37.1 Å². The molecule has 7 heteroatoms. The largest absolute Gasteiger partial charge is 0.260 e. The van der Waals surface area contributed by atoms with Gasteiger partial charge in [-0.05, 0) is 12.1 Å². The first kappa shape index (κ1) is 18.2. The minimum atomic E-state index is -0.0136. The number of nitrogens with zero attached hydrogens (tertiary/aromatic N) is 3. The van der Waals surface area contributed by atoms with Crippen LogP contribution in [-0.2, 0) is 11.2 Å². The molecule has 0 aliphatic carbocycles. The fourth-order valence-electron chi connectivity index (χ4n) is 1.27. The Bertz CT molecular complexity index is 482. The van der Waals surface area contributed by atoms with E-state index < -0.39 is 0 Å². The van der Waals surface area contributed by atoms with Gasteiger partial charge in [-0.25, -0.2) is 4.98 Å². The lowest BCUT2D eigenvalue weighted by atomic mass is 9.96. The lowest BCUT2D eigenvalue weighted by Gasteiger charge is -2.11. The van der Waals surface area contributed by atoms with E-state index in [0.29, 0.717) is 0 Å². The molecule has 1 N–H and O–H groups in total. The zero-order valence-corrected chi connectivity index (χ0v) is 13.5. The molecule has 0 aliphatic heterocycles. The number of H-pyrrole nitrogens is 1. The number of aromatic amines is 1. The fourth-order valence-corrected chi connectivity index (χ4v) is 1.99. The average molecular weight is 321 g/mol. The van der Waals surface area contributed by atoms with Crippen LogP contribution in [0.2, 0.25) is 0 Å². The van der Waals surface area contributed by atoms with Crippen LogP contribution in [0.25, 0.3) is 0 Å². The van der Waals surface area contributed by atoms with Gasteiger partial charge in [-0.1, -0.05) is 38.6 Å². The van der Waals surface area contributed by atoms with E-state index in [2.05, 4.69) is 40.9 Å². The van der Waals surface area contributed by atoms with E-state index in [1.54, 1.807) is 18.0 Å². The highest BCUT2D eigenvalue weighted by atomic mass is 35.5. The van der Waals surface area contributed by atoms with Crippen molar-refractivity contribution >= 4 is 36.6 Å². The van der Waals surface area contributed by atoms with Crippen molar-refractivity contribution in [2.24, 2.45) is 0 Å². The van der Waals surface area contributed by atoms with Gasteiger partial charge < -0.3 is 0 Å². The van der Waals surface area contributed by atoms with Crippen LogP contribution in [0.4, 0.5) is 0 Å². The molecule has 106 valence electrons. The van der Waals surface area contributed by atoms with Crippen molar-refractivity contribution in [2.75, 3.05) is 0 Å². The van der Waals surface area contributed by atoms with Gasteiger partial charge in [-0.2, -0.15) is 5.10 Å². The third-order valence-corrected chi connectivity index (χ3v) is 3.11. The lowest BCUT2D eigenvalue weighted by molar-refractivity contribution is 0.547. The van der Waals surface area contributed by atoms with Crippen LogP contribution >= 0.6 is 36.6 Å². The molecule has 4 nitrogen and oxygen atoms in total. The number of aromatic nitrogens is 4. The molecule has 2 aromatic rings. The number of nitrogens with one attached hydrogen (secondary N) is 1. The predicted molar refractivity (Wildman–Crippen MR) is 83.4 cm³/mol. The van der Waals surface area contributed by atoms with Crippen molar-refractivity contribution in [3.63, 3.8) is 0 Å². The summed E-state index contributed by atoms with van der Waals surface area (Å²) in [5.74, 6) is 1.65. The number of pyridine rings is 1. The van der Waals surface area contributed by atoms with E-state index in [1.165, 1.54) is 0 Å². The first-order valence-electron chi connectivity index (χ1n) is 5.51. The molecule has 0 aliphatic rings. The van der Waals surface area contributed by atoms with Crippen molar-refractivity contribution in [1.29, 1.82) is 0 Å². The summed E-state index contributed by atoms with van der Waals surface area (Å²) in [5.41, 5.74) is 1.03. The molecule has 2 aromatic heterocycles. The summed E-state index contributed by atoms with van der Waals surface area (Å²) in [7, 11) is 0. The molecule has 0 spiro atoms. The Balaban J connectivity index is 0.00000162. The van der Waals surface area contributed by atoms with Crippen molar-refractivity contribution < 1.29 is 0 Å². The summed E-state index contributed by atoms with van der Waals surface area (Å²) in [6.45, 7) is 6.30. The summed E-state index contributed by atoms with van der Waals surface area (Å²) in [5, 5.41) is 8.03. The second-order valence-corrected chi connectivity index (χ2v) is 5.79. The van der Waals surface area contributed by atoms with Gasteiger partial charge in [-0.15, -0.1) is 24.8 Å². The van der Waals surface area contributed by atoms with Crippen LogP contribution in [-0.4, -0.2) is 20.2 Å². The SMILES string of the molecule is CC(C)(C)c1n[nH]c(SCc2ccccn2)n1.Cl.Cl. The van der Waals surface area contributed by atoms with Crippen molar-refractivity contribution in [1.82, 2.24) is 20.2 Å². The number of rotatable bonds is 3. The molecular formula is C12H18Cl2N4S. The fraction of sp³-hybridized carbons (Fsp3) is 0.417. The molecule has 2 heterocycles. The van der Waals surface area contributed by atoms with E-state index in [-0.39, 0.29) is 30.2 Å². The molecule has 0 amide bonds. The van der Waals surface area contributed by atoms with E-state index in [1.807, 2.05) is 18.2 Å². The van der Waals surface area contributed by atoms with Crippen LogP contribution in [0.15, 0.2) is 29.6 Å². The van der Waals surface area contributed by atoms with Gasteiger partial charge in [0.2, 0.25) is 0 Å². The minimum Gasteiger partial charge on any atom is -0.260 e. The molecule has 0 bridgehead atoms. The zero-order valence-electron chi connectivity index (χ0n) is 11.1. The summed E-state index contributed by atoms with van der Waals surface area (Å²) >= 11 is 1.62. The molecule has 2 rings (SSSR count). The molecule has 0 unspecified atom stereocenters. The normalized spacial score (nSPS) is 10.5. The third-order valence-electron chi connectivity index (χ3n) is 2.22. The highest BCUT2D eigenvalue weighted by molar-refractivity contribution is 7.98. The maximum atomic E-state index is 4.47. The van der Waals surface area contributed by atoms with E-state index in [4.69, 9.17) is 0 Å². The lowest BCUT2D eigenvalue weighted by Crippen LogP contribution is -2.13. The first-order chi connectivity index (χ1) is 8.05. The Hall–Kier alpha value is -0.780. The Labute approximate surface area is 130 Å². The Morgan fingerprint density at radius 2 is 1.95 bits per heavy atom. The molecule has 0 fully saturated rings. The van der Waals surface area contributed by atoms with Gasteiger partial charge in [0.05, 0.1) is 5.69 Å². The second kappa shape index (κ2) is 7.72. The second-order valence-electron chi connectivity index (χ2n) is 4.82. The van der Waals surface area contributed by atoms with Gasteiger partial charge in [0.25, 0.3) is 0 Å². The predicted octanol–water partition coefficient (Wildman–Crippen LogP) is 3.63. The van der Waals surface area contributed by atoms with Gasteiger partial charge in [0, 0.05) is 17.4 Å². The highest BCUT2D eigenvalue weighted by Crippen LogP contribution is 2.22. The third kappa shape index (κ3) is 5.38. The Kier molecular flexibility index (Phi) is 7.41. The summed E-state index contributed by atoms with van der Waals surface area (Å²) in [6, 6.07) is 5.91. The summed E-state index contributed by atoms with van der Waals surface area (Å²) < 4.78 is 0. The average Bonchev–Trinajstić information content (AvgIpc) is 2.76. The molecular weight excluding hydrogens is 303 g/mol. The van der Waals surface area contributed by atoms with E-state index in [0.717, 1.165) is 22.4 Å². The quantitative estimate of drug-likeness (QED) is 0.877. The maximum absolute atomic E-state index is 4.47. The Morgan fingerprint density at radius 1 is 1.21 bits per heavy atom. The highest BCUT2D eigenvalue weighted by Gasteiger charge is 2.19. The molecule has 19 heavy (non-hydrogen) atoms. The van der Waals surface area contributed by atoms with Gasteiger partial charge in [-0.3, -0.25) is 10.1 Å². The minimum absolute atomic E-state index is 0. The number of hydrogen-bond donors (Lipinski definition) is 1. The Morgan fingerprint density at radius 3 is 2.47 bits per heavy atom. The van der Waals surface area contributed by atoms with Crippen LogP contribution in [0.3, 0.4) is 0 Å². The van der Waals surface area contributed by atoms with E-state index in [9.17, 15) is 0 Å². The number of hydrogen-bond acceptors (Lipinski definition) is 4. The van der Waals surface area contributed by atoms with Crippen LogP contribution in [0.1, 0.15) is 32.3 Å². The van der Waals surface area contributed by atoms with Crippen LogP contribution in [0, 0.1) is 0 Å². The molecule has 0 radical (unpaired) electrons. The summed E-state index contributed by atoms with van der Waals surface area (Å²) in [6.07, 6.45) is 1.80. The monoisotopic (exact) mass is 320 g/mol. The zero-order chi connectivity index (χ0) is 12.3. The molecule has 0 atom stereocenters. The maximum Gasteiger partial charge on any atom is 0.184 e. The standard InChI is InChI=1S/C12H16N4S.2ClH/c1-12(2,3)10-14-11(16-15-10)17-8-9-6-4-5-7-13-9;;/h4-7H,8H2,1-3H3,(H,14,15,16);2*1H. The molecule has 0 saturated carbocycles. The summed E-state index contributed by atoms with van der Waals surface area (Å²) in [4.78, 5) is 8.73. The van der Waals surface area contributed by atoms with Gasteiger partial charge in [0.15, 0.2) is 11.0 Å². The van der Waals surface area contributed by atoms with E-state index >= 15 is 0 Å². The topological polar surface area (TPSA) is 54.5 Å². The van der Waals surface area contributed by atoms with Crippen molar-refractivity contribution in [3.05, 3.63) is 35.9 Å². The number of halogens is 2. The number of thioether (sulfide) groups is 1. The van der Waals surface area contributed by atoms with Crippen molar-refractivity contribution in [3.8, 4) is 0 Å². The van der Waals surface area contributed by atoms with Gasteiger partial charge in [0.1, 0.15) is 0 Å². The molecule has 0 aromatic carbocycles. The smallest absolute Gasteiger partial charge is 0.184 e. The molecule has 0 saturated heterocycles. The first-order valence-corrected chi connectivity index (χ1v) is 6.50. The van der Waals surface area contributed by atoms with Crippen LogP contribution in [0.5, 0.6) is 0 Å². The van der Waals surface area contributed by atoms with Crippen LogP contribution < -0.4 is 0 Å². The van der Waals surface area contributed by atoms with Gasteiger partial charge >= 0.3 is 0 Å².